The number of nitrogens with two attached hydrogens (primary N) is 1. The minimum atomic E-state index is -3.70. The molecule has 0 bridgehead atoms. The van der Waals surface area contributed by atoms with E-state index in [0.29, 0.717) is 49.8 Å². The van der Waals surface area contributed by atoms with Crippen LogP contribution in [0.5, 0.6) is 0 Å². The Balaban J connectivity index is 1.89. The quantitative estimate of drug-likeness (QED) is 0.861. The van der Waals surface area contributed by atoms with E-state index in [2.05, 4.69) is 0 Å². The van der Waals surface area contributed by atoms with Crippen LogP contribution in [0.2, 0.25) is 0 Å². The van der Waals surface area contributed by atoms with Gasteiger partial charge in [-0.05, 0) is 63.6 Å². The van der Waals surface area contributed by atoms with E-state index in [0.717, 1.165) is 23.1 Å². The van der Waals surface area contributed by atoms with Crippen LogP contribution < -0.4 is 5.73 Å². The second kappa shape index (κ2) is 7.29. The van der Waals surface area contributed by atoms with Crippen molar-refractivity contribution in [1.29, 1.82) is 0 Å². The molecule has 0 saturated carbocycles. The summed E-state index contributed by atoms with van der Waals surface area (Å²) in [6.07, 6.45) is 2.21. The van der Waals surface area contributed by atoms with Crippen LogP contribution in [0.4, 0.5) is 0 Å². The first-order valence-electron chi connectivity index (χ1n) is 9.34. The monoisotopic (exact) mass is 379 g/mol. The molecule has 3 rings (SSSR count). The number of hydrogen-bond donors (Lipinski definition) is 1. The molecular formula is C19H29N3O3S. The lowest BCUT2D eigenvalue weighted by Crippen LogP contribution is -2.47. The molecule has 2 aliphatic rings. The Morgan fingerprint density at radius 3 is 2.38 bits per heavy atom. The molecule has 2 N–H and O–H groups in total. The zero-order chi connectivity index (χ0) is 19.1. The summed E-state index contributed by atoms with van der Waals surface area (Å²) < 4.78 is 28.2. The van der Waals surface area contributed by atoms with Crippen molar-refractivity contribution in [3.8, 4) is 0 Å². The zero-order valence-corrected chi connectivity index (χ0v) is 16.7. The van der Waals surface area contributed by atoms with Crippen molar-refractivity contribution in [2.75, 3.05) is 26.2 Å². The highest BCUT2D eigenvalue weighted by Crippen LogP contribution is 2.32. The number of hydrogen-bond acceptors (Lipinski definition) is 4. The number of likely N-dealkylation sites (tertiary alicyclic amines) is 1. The molecule has 1 aromatic rings. The fourth-order valence-corrected chi connectivity index (χ4v) is 6.47. The van der Waals surface area contributed by atoms with Crippen molar-refractivity contribution in [2.24, 2.45) is 11.7 Å². The van der Waals surface area contributed by atoms with E-state index in [1.165, 1.54) is 4.31 Å². The summed E-state index contributed by atoms with van der Waals surface area (Å²) >= 11 is 0. The molecule has 7 heteroatoms. The van der Waals surface area contributed by atoms with Gasteiger partial charge in [-0.3, -0.25) is 4.79 Å². The minimum absolute atomic E-state index is 0.0653. The van der Waals surface area contributed by atoms with Crippen LogP contribution in [0.3, 0.4) is 0 Å². The van der Waals surface area contributed by atoms with Crippen molar-refractivity contribution in [1.82, 2.24) is 9.21 Å². The number of carbonyl (C=O) groups excluding carboxylic acids is 1. The molecule has 0 radical (unpaired) electrons. The second-order valence-corrected chi connectivity index (χ2v) is 9.50. The molecule has 0 spiro atoms. The predicted octanol–water partition coefficient (Wildman–Crippen LogP) is 1.57. The molecule has 1 aromatic carbocycles. The molecule has 2 atom stereocenters. The van der Waals surface area contributed by atoms with Crippen molar-refractivity contribution in [2.45, 2.75) is 51.0 Å². The second-order valence-electron chi connectivity index (χ2n) is 7.68. The van der Waals surface area contributed by atoms with Gasteiger partial charge in [-0.2, -0.15) is 4.31 Å². The summed E-state index contributed by atoms with van der Waals surface area (Å²) in [5.41, 5.74) is 8.24. The maximum Gasteiger partial charge on any atom is 0.244 e. The highest BCUT2D eigenvalue weighted by molar-refractivity contribution is 7.89. The van der Waals surface area contributed by atoms with Gasteiger partial charge in [0.15, 0.2) is 0 Å². The van der Waals surface area contributed by atoms with Crippen LogP contribution >= 0.6 is 0 Å². The summed E-state index contributed by atoms with van der Waals surface area (Å²) in [4.78, 5) is 15.1. The van der Waals surface area contributed by atoms with Crippen molar-refractivity contribution >= 4 is 15.9 Å². The van der Waals surface area contributed by atoms with Crippen LogP contribution in [0.1, 0.15) is 36.0 Å². The summed E-state index contributed by atoms with van der Waals surface area (Å²) in [5.74, 6) is 0.261. The maximum atomic E-state index is 13.4. The predicted molar refractivity (Wildman–Crippen MR) is 101 cm³/mol. The van der Waals surface area contributed by atoms with E-state index >= 15 is 0 Å². The number of carbonyl (C=O) groups is 1. The molecule has 2 fully saturated rings. The number of amides is 1. The SMILES string of the molecule is Cc1cc(C)c(S(=O)(=O)N2CCCC2C(=O)N2CCC(CN)C2)c(C)c1. The van der Waals surface area contributed by atoms with Crippen LogP contribution in [-0.2, 0) is 14.8 Å². The van der Waals surface area contributed by atoms with E-state index in [9.17, 15) is 13.2 Å². The van der Waals surface area contributed by atoms with E-state index in [4.69, 9.17) is 5.73 Å². The highest BCUT2D eigenvalue weighted by atomic mass is 32.2. The summed E-state index contributed by atoms with van der Waals surface area (Å²) in [6.45, 7) is 7.89. The van der Waals surface area contributed by atoms with Crippen molar-refractivity contribution in [3.63, 3.8) is 0 Å². The largest absolute Gasteiger partial charge is 0.341 e. The molecule has 1 amide bonds. The van der Waals surface area contributed by atoms with Gasteiger partial charge in [0.25, 0.3) is 0 Å². The maximum absolute atomic E-state index is 13.4. The minimum Gasteiger partial charge on any atom is -0.341 e. The molecule has 0 aromatic heterocycles. The molecular weight excluding hydrogens is 350 g/mol. The molecule has 0 aliphatic carbocycles. The molecule has 2 aliphatic heterocycles. The van der Waals surface area contributed by atoms with Crippen LogP contribution in [0, 0.1) is 26.7 Å². The van der Waals surface area contributed by atoms with Gasteiger partial charge in [0.05, 0.1) is 4.90 Å². The third-order valence-corrected chi connectivity index (χ3v) is 7.81. The van der Waals surface area contributed by atoms with Crippen molar-refractivity contribution in [3.05, 3.63) is 28.8 Å². The first-order chi connectivity index (χ1) is 12.3. The van der Waals surface area contributed by atoms with Gasteiger partial charge in [-0.15, -0.1) is 0 Å². The van der Waals surface area contributed by atoms with Gasteiger partial charge in [0, 0.05) is 19.6 Å². The number of aryl methyl sites for hydroxylation is 3. The van der Waals surface area contributed by atoms with E-state index < -0.39 is 16.1 Å². The molecule has 144 valence electrons. The fourth-order valence-electron chi connectivity index (χ4n) is 4.40. The van der Waals surface area contributed by atoms with Gasteiger partial charge in [-0.1, -0.05) is 17.7 Å². The molecule has 26 heavy (non-hydrogen) atoms. The Bertz CT molecular complexity index is 783. The standard InChI is InChI=1S/C19H29N3O3S/c1-13-9-14(2)18(15(3)10-13)26(24,25)22-7-4-5-17(22)19(23)21-8-6-16(11-20)12-21/h9-10,16-17H,4-8,11-12,20H2,1-3H3. The topological polar surface area (TPSA) is 83.7 Å². The third-order valence-electron chi connectivity index (χ3n) is 5.59. The van der Waals surface area contributed by atoms with Gasteiger partial charge < -0.3 is 10.6 Å². The summed E-state index contributed by atoms with van der Waals surface area (Å²) in [5, 5.41) is 0. The average Bonchev–Trinajstić information content (AvgIpc) is 3.22. The first kappa shape index (κ1) is 19.3. The Morgan fingerprint density at radius 2 is 1.81 bits per heavy atom. The molecule has 2 unspecified atom stereocenters. The summed E-state index contributed by atoms with van der Waals surface area (Å²) in [6, 6.07) is 3.19. The zero-order valence-electron chi connectivity index (χ0n) is 15.9. The number of sulfonamides is 1. The van der Waals surface area contributed by atoms with E-state index in [-0.39, 0.29) is 5.91 Å². The first-order valence-corrected chi connectivity index (χ1v) is 10.8. The Morgan fingerprint density at radius 1 is 1.15 bits per heavy atom. The highest BCUT2D eigenvalue weighted by Gasteiger charge is 2.43. The summed E-state index contributed by atoms with van der Waals surface area (Å²) in [7, 11) is -3.70. The fraction of sp³-hybridized carbons (Fsp3) is 0.632. The van der Waals surface area contributed by atoms with Crippen molar-refractivity contribution < 1.29 is 13.2 Å². The van der Waals surface area contributed by atoms with Gasteiger partial charge in [0.1, 0.15) is 6.04 Å². The molecule has 6 nitrogen and oxygen atoms in total. The Kier molecular flexibility index (Phi) is 5.42. The molecule has 2 saturated heterocycles. The van der Waals surface area contributed by atoms with Gasteiger partial charge in [0.2, 0.25) is 15.9 Å². The Hall–Kier alpha value is -1.44. The number of rotatable bonds is 4. The van der Waals surface area contributed by atoms with E-state index in [1.807, 2.05) is 32.9 Å². The Labute approximate surface area is 156 Å². The third kappa shape index (κ3) is 3.40. The van der Waals surface area contributed by atoms with Crippen LogP contribution in [0.25, 0.3) is 0 Å². The van der Waals surface area contributed by atoms with E-state index in [1.54, 1.807) is 4.90 Å². The van der Waals surface area contributed by atoms with Gasteiger partial charge in [-0.25, -0.2) is 8.42 Å². The average molecular weight is 380 g/mol. The molecule has 2 heterocycles. The number of benzene rings is 1. The smallest absolute Gasteiger partial charge is 0.244 e. The lowest BCUT2D eigenvalue weighted by atomic mass is 10.1. The normalized spacial score (nSPS) is 24.4. The number of nitrogens with zero attached hydrogens (tertiary/aromatic N) is 2. The van der Waals surface area contributed by atoms with Gasteiger partial charge >= 0.3 is 0 Å². The lowest BCUT2D eigenvalue weighted by Gasteiger charge is -2.28. The van der Waals surface area contributed by atoms with Crippen LogP contribution in [-0.4, -0.2) is 55.8 Å². The van der Waals surface area contributed by atoms with Crippen LogP contribution in [0.15, 0.2) is 17.0 Å². The lowest BCUT2D eigenvalue weighted by molar-refractivity contribution is -0.133.